The minimum atomic E-state index is -3.83. The van der Waals surface area contributed by atoms with Crippen LogP contribution in [0.1, 0.15) is 18.2 Å². The largest absolute Gasteiger partial charge is 0.737 e. The molecule has 106 valence electrons. The summed E-state index contributed by atoms with van der Waals surface area (Å²) in [4.78, 5) is 0. The Morgan fingerprint density at radius 2 is 2.24 bits per heavy atom. The molecule has 2 aliphatic heterocycles. The first-order valence-electron chi connectivity index (χ1n) is 6.89. The second kappa shape index (κ2) is 4.03. The van der Waals surface area contributed by atoms with E-state index in [9.17, 15) is 8.63 Å². The summed E-state index contributed by atoms with van der Waals surface area (Å²) < 4.78 is 33.1. The van der Waals surface area contributed by atoms with Gasteiger partial charge in [-0.05, 0) is 25.3 Å². The summed E-state index contributed by atoms with van der Waals surface area (Å²) in [5, 5.41) is 4.26. The quantitative estimate of drug-likeness (QED) is 0.778. The van der Waals surface area contributed by atoms with Gasteiger partial charge in [0, 0.05) is 36.2 Å². The first-order chi connectivity index (χ1) is 10.1. The van der Waals surface area contributed by atoms with E-state index in [2.05, 4.69) is 5.10 Å². The molecule has 0 unspecified atom stereocenters. The maximum absolute atomic E-state index is 14.6. The zero-order chi connectivity index (χ0) is 14.6. The lowest BCUT2D eigenvalue weighted by Gasteiger charge is -2.30. The number of fused-ring (bicyclic) bond motifs is 2. The second-order valence-corrected chi connectivity index (χ2v) is 5.15. The fourth-order valence-corrected chi connectivity index (χ4v) is 2.98. The van der Waals surface area contributed by atoms with Crippen LogP contribution in [0.2, 0.25) is 0 Å². The molecule has 0 saturated heterocycles. The third-order valence-electron chi connectivity index (χ3n) is 3.99. The molecular weight excluding hydrogens is 273 g/mol. The number of aryl methyl sites for hydroxylation is 1. The number of rotatable bonds is 2. The van der Waals surface area contributed by atoms with Gasteiger partial charge in [-0.15, -0.1) is 0 Å². The standard InChI is InChI=1S/C14H13BF2N4/c1-2-19-10-11(9-18-19)14-12-5-3-7-20(12)15(16,17)21-8-4-6-13(14)21/h3-10H,2H2,1H3. The monoisotopic (exact) mass is 286 g/mol. The van der Waals surface area contributed by atoms with Crippen molar-refractivity contribution in [3.63, 3.8) is 0 Å². The summed E-state index contributed by atoms with van der Waals surface area (Å²) >= 11 is 0. The van der Waals surface area contributed by atoms with Gasteiger partial charge < -0.3 is 17.6 Å². The van der Waals surface area contributed by atoms with E-state index in [4.69, 9.17) is 0 Å². The maximum atomic E-state index is 14.6. The maximum Gasteiger partial charge on any atom is 0.737 e. The van der Waals surface area contributed by atoms with Gasteiger partial charge in [-0.25, -0.2) is 0 Å². The van der Waals surface area contributed by atoms with Crippen molar-refractivity contribution >= 4 is 18.8 Å². The van der Waals surface area contributed by atoms with Gasteiger partial charge in [0.25, 0.3) is 0 Å². The molecule has 0 spiro atoms. The van der Waals surface area contributed by atoms with Crippen LogP contribution in [0.3, 0.4) is 0 Å². The molecule has 0 amide bonds. The van der Waals surface area contributed by atoms with E-state index in [-0.39, 0.29) is 0 Å². The van der Waals surface area contributed by atoms with Crippen LogP contribution in [-0.2, 0) is 6.54 Å². The van der Waals surface area contributed by atoms with Crippen LogP contribution in [0.15, 0.2) is 48.6 Å². The fourth-order valence-electron chi connectivity index (χ4n) is 2.98. The highest BCUT2D eigenvalue weighted by Crippen LogP contribution is 2.37. The summed E-state index contributed by atoms with van der Waals surface area (Å²) in [7, 11) is 0. The molecule has 0 atom stereocenters. The van der Waals surface area contributed by atoms with Crippen LogP contribution in [0.4, 0.5) is 8.63 Å². The van der Waals surface area contributed by atoms with Gasteiger partial charge in [-0.1, -0.05) is 0 Å². The summed E-state index contributed by atoms with van der Waals surface area (Å²) in [5.41, 5.74) is 2.70. The molecular formula is C14H13BF2N4. The average Bonchev–Trinajstić information content (AvgIpc) is 3.19. The van der Waals surface area contributed by atoms with Gasteiger partial charge in [-0.2, -0.15) is 5.10 Å². The lowest BCUT2D eigenvalue weighted by Crippen LogP contribution is -2.49. The van der Waals surface area contributed by atoms with Crippen molar-refractivity contribution in [2.24, 2.45) is 0 Å². The van der Waals surface area contributed by atoms with E-state index in [1.54, 1.807) is 35.2 Å². The summed E-state index contributed by atoms with van der Waals surface area (Å²) in [5.74, 6) is 0. The lowest BCUT2D eigenvalue weighted by molar-refractivity contribution is -0.356. The van der Waals surface area contributed by atoms with E-state index < -0.39 is 6.97 Å². The summed E-state index contributed by atoms with van der Waals surface area (Å²) in [6.07, 6.45) is 9.86. The van der Waals surface area contributed by atoms with Crippen LogP contribution in [0.25, 0.3) is 5.57 Å². The third-order valence-corrected chi connectivity index (χ3v) is 3.99. The predicted molar refractivity (Wildman–Crippen MR) is 77.2 cm³/mol. The molecule has 0 radical (unpaired) electrons. The molecule has 0 aromatic carbocycles. The molecule has 0 fully saturated rings. The molecule has 0 saturated carbocycles. The number of allylic oxidation sites excluding steroid dienone is 2. The Morgan fingerprint density at radius 3 is 3.00 bits per heavy atom. The van der Waals surface area contributed by atoms with E-state index in [1.165, 1.54) is 12.4 Å². The molecule has 2 aromatic rings. The van der Waals surface area contributed by atoms with Crippen molar-refractivity contribution in [3.8, 4) is 0 Å². The Morgan fingerprint density at radius 1 is 1.38 bits per heavy atom. The number of aromatic nitrogens is 3. The second-order valence-electron chi connectivity index (χ2n) is 5.15. The average molecular weight is 286 g/mol. The molecule has 2 aromatic heterocycles. The SMILES string of the molecule is CCn1cc(C2=C3C=CC=[N+]3[B-](F)(F)n3cccc32)cn1. The van der Waals surface area contributed by atoms with Crippen molar-refractivity contribution in [1.29, 1.82) is 0 Å². The van der Waals surface area contributed by atoms with Crippen LogP contribution in [0, 0.1) is 0 Å². The minimum Gasteiger partial charge on any atom is -0.396 e. The van der Waals surface area contributed by atoms with Crippen LogP contribution < -0.4 is 0 Å². The molecule has 4 heterocycles. The highest BCUT2D eigenvalue weighted by atomic mass is 19.2. The molecule has 2 aliphatic rings. The summed E-state index contributed by atoms with van der Waals surface area (Å²) in [6, 6.07) is 3.38. The normalized spacial score (nSPS) is 18.7. The number of nitrogens with zero attached hydrogens (tertiary/aromatic N) is 4. The third kappa shape index (κ3) is 1.54. The lowest BCUT2D eigenvalue weighted by atomic mass is 9.87. The number of halogens is 2. The Labute approximate surface area is 120 Å². The van der Waals surface area contributed by atoms with Crippen molar-refractivity contribution < 1.29 is 13.1 Å². The highest BCUT2D eigenvalue weighted by Gasteiger charge is 2.51. The fraction of sp³-hybridized carbons (Fsp3) is 0.143. The topological polar surface area (TPSA) is 25.8 Å². The molecule has 4 rings (SSSR count). The van der Waals surface area contributed by atoms with E-state index in [0.717, 1.165) is 26.6 Å². The Kier molecular flexibility index (Phi) is 2.37. The van der Waals surface area contributed by atoms with Gasteiger partial charge in [0.2, 0.25) is 0 Å². The summed E-state index contributed by atoms with van der Waals surface area (Å²) in [6.45, 7) is -1.09. The Bertz CT molecular complexity index is 826. The van der Waals surface area contributed by atoms with Crippen molar-refractivity contribution in [1.82, 2.24) is 14.3 Å². The first-order valence-corrected chi connectivity index (χ1v) is 6.89. The van der Waals surface area contributed by atoms with Crippen LogP contribution in [-0.4, -0.2) is 31.9 Å². The Balaban J connectivity index is 2.01. The molecule has 7 heteroatoms. The number of hydrogen-bond donors (Lipinski definition) is 0. The smallest absolute Gasteiger partial charge is 0.396 e. The molecule has 0 N–H and O–H groups in total. The van der Waals surface area contributed by atoms with E-state index in [0.29, 0.717) is 11.4 Å². The zero-order valence-electron chi connectivity index (χ0n) is 11.4. The molecule has 0 bridgehead atoms. The van der Waals surface area contributed by atoms with Gasteiger partial charge in [0.1, 0.15) is 6.21 Å². The highest BCUT2D eigenvalue weighted by molar-refractivity contribution is 6.57. The number of hydrogen-bond acceptors (Lipinski definition) is 1. The Hall–Kier alpha value is -2.44. The van der Waals surface area contributed by atoms with Crippen molar-refractivity contribution in [2.75, 3.05) is 0 Å². The molecule has 0 aliphatic carbocycles. The first kappa shape index (κ1) is 12.3. The molecule has 4 nitrogen and oxygen atoms in total. The van der Waals surface area contributed by atoms with Gasteiger partial charge in [-0.3, -0.25) is 4.68 Å². The van der Waals surface area contributed by atoms with Crippen LogP contribution >= 0.6 is 0 Å². The predicted octanol–water partition coefficient (Wildman–Crippen LogP) is 2.35. The zero-order valence-corrected chi connectivity index (χ0v) is 11.4. The molecule has 21 heavy (non-hydrogen) atoms. The van der Waals surface area contributed by atoms with Gasteiger partial charge >= 0.3 is 6.97 Å². The van der Waals surface area contributed by atoms with Gasteiger partial charge in [0.15, 0.2) is 5.70 Å². The van der Waals surface area contributed by atoms with E-state index in [1.807, 2.05) is 13.1 Å². The van der Waals surface area contributed by atoms with Crippen molar-refractivity contribution in [3.05, 3.63) is 59.8 Å². The van der Waals surface area contributed by atoms with Crippen molar-refractivity contribution in [2.45, 2.75) is 13.5 Å². The minimum absolute atomic E-state index is 0.529. The van der Waals surface area contributed by atoms with Gasteiger partial charge in [0.05, 0.1) is 11.8 Å². The van der Waals surface area contributed by atoms with Crippen LogP contribution in [0.5, 0.6) is 0 Å². The van der Waals surface area contributed by atoms with E-state index >= 15 is 0 Å².